The summed E-state index contributed by atoms with van der Waals surface area (Å²) < 4.78 is 0. The zero-order valence-corrected chi connectivity index (χ0v) is 6.29. The lowest BCUT2D eigenvalue weighted by Crippen LogP contribution is -2.59. The second-order valence-electron chi connectivity index (χ2n) is 2.56. The van der Waals surface area contributed by atoms with E-state index in [0.717, 1.165) is 13.0 Å². The first-order valence-electron chi connectivity index (χ1n) is 3.65. The van der Waals surface area contributed by atoms with Crippen LogP contribution in [-0.4, -0.2) is 41.8 Å². The summed E-state index contributed by atoms with van der Waals surface area (Å²) >= 11 is 0. The van der Waals surface area contributed by atoms with Crippen LogP contribution in [0.5, 0.6) is 0 Å². The van der Waals surface area contributed by atoms with Crippen molar-refractivity contribution in [2.24, 2.45) is 5.84 Å². The molecule has 0 unspecified atom stereocenters. The van der Waals surface area contributed by atoms with E-state index < -0.39 is 0 Å². The first kappa shape index (κ1) is 8.45. The number of rotatable bonds is 3. The Morgan fingerprint density at radius 2 is 2.55 bits per heavy atom. The molecule has 1 aliphatic heterocycles. The third-order valence-corrected chi connectivity index (χ3v) is 1.77. The van der Waals surface area contributed by atoms with E-state index in [4.69, 9.17) is 10.9 Å². The number of hydrogen-bond acceptors (Lipinski definition) is 4. The molecule has 64 valence electrons. The molecule has 0 aromatic carbocycles. The summed E-state index contributed by atoms with van der Waals surface area (Å²) in [7, 11) is 0. The molecule has 0 saturated carbocycles. The van der Waals surface area contributed by atoms with E-state index in [1.165, 1.54) is 5.01 Å². The van der Waals surface area contributed by atoms with E-state index in [1.807, 2.05) is 0 Å². The van der Waals surface area contributed by atoms with Crippen LogP contribution < -0.4 is 11.2 Å². The van der Waals surface area contributed by atoms with Crippen LogP contribution in [0, 0.1) is 0 Å². The molecule has 0 aromatic rings. The molecule has 1 rings (SSSR count). The Hall–Kier alpha value is -0.650. The number of hydrazine groups is 1. The van der Waals surface area contributed by atoms with E-state index in [2.05, 4.69) is 5.32 Å². The Bertz CT molecular complexity index is 151. The van der Waals surface area contributed by atoms with Gasteiger partial charge in [0.2, 0.25) is 5.91 Å². The van der Waals surface area contributed by atoms with Gasteiger partial charge in [-0.25, -0.2) is 5.01 Å². The predicted molar refractivity (Wildman–Crippen MR) is 39.4 cm³/mol. The van der Waals surface area contributed by atoms with Crippen LogP contribution in [0.2, 0.25) is 0 Å². The van der Waals surface area contributed by atoms with Gasteiger partial charge in [-0.2, -0.15) is 0 Å². The standard InChI is InChI=1S/C6H13N3O2/c7-9-3-1-5(9)6(11)8-2-4-10/h5,10H,1-4,7H2,(H,8,11)/t5-/m0/s1. The van der Waals surface area contributed by atoms with Gasteiger partial charge in [-0.05, 0) is 6.42 Å². The normalized spacial score (nSPS) is 24.4. The number of carbonyl (C=O) groups excluding carboxylic acids is 1. The van der Waals surface area contributed by atoms with Crippen molar-refractivity contribution in [3.8, 4) is 0 Å². The zero-order chi connectivity index (χ0) is 8.27. The van der Waals surface area contributed by atoms with Gasteiger partial charge in [0.05, 0.1) is 6.61 Å². The number of nitrogens with zero attached hydrogens (tertiary/aromatic N) is 1. The molecule has 0 spiro atoms. The molecule has 1 aliphatic rings. The third-order valence-electron chi connectivity index (χ3n) is 1.77. The minimum absolute atomic E-state index is 0.0248. The molecule has 0 aliphatic carbocycles. The Morgan fingerprint density at radius 3 is 2.91 bits per heavy atom. The molecule has 0 bridgehead atoms. The molecule has 1 fully saturated rings. The first-order valence-corrected chi connectivity index (χ1v) is 3.65. The highest BCUT2D eigenvalue weighted by Crippen LogP contribution is 2.11. The molecule has 0 aromatic heterocycles. The van der Waals surface area contributed by atoms with Crippen molar-refractivity contribution in [1.82, 2.24) is 10.3 Å². The van der Waals surface area contributed by atoms with Crippen molar-refractivity contribution in [2.45, 2.75) is 12.5 Å². The number of aliphatic hydroxyl groups is 1. The Labute approximate surface area is 65.1 Å². The number of aliphatic hydroxyl groups excluding tert-OH is 1. The van der Waals surface area contributed by atoms with E-state index in [-0.39, 0.29) is 18.6 Å². The van der Waals surface area contributed by atoms with Crippen LogP contribution in [0.4, 0.5) is 0 Å². The number of nitrogens with two attached hydrogens (primary N) is 1. The second kappa shape index (κ2) is 3.66. The van der Waals surface area contributed by atoms with Gasteiger partial charge in [-0.1, -0.05) is 0 Å². The molecule has 1 heterocycles. The fraction of sp³-hybridized carbons (Fsp3) is 0.833. The van der Waals surface area contributed by atoms with Gasteiger partial charge in [-0.15, -0.1) is 0 Å². The topological polar surface area (TPSA) is 78.6 Å². The van der Waals surface area contributed by atoms with Crippen molar-refractivity contribution in [3.63, 3.8) is 0 Å². The van der Waals surface area contributed by atoms with Crippen LogP contribution in [-0.2, 0) is 4.79 Å². The SMILES string of the molecule is NN1CC[C@H]1C(=O)NCCO. The maximum Gasteiger partial charge on any atom is 0.238 e. The minimum Gasteiger partial charge on any atom is -0.395 e. The third kappa shape index (κ3) is 1.89. The smallest absolute Gasteiger partial charge is 0.238 e. The van der Waals surface area contributed by atoms with E-state index in [1.54, 1.807) is 0 Å². The fourth-order valence-electron chi connectivity index (χ4n) is 0.986. The average Bonchev–Trinajstić information content (AvgIpc) is 1.98. The lowest BCUT2D eigenvalue weighted by Gasteiger charge is -2.35. The van der Waals surface area contributed by atoms with E-state index >= 15 is 0 Å². The summed E-state index contributed by atoms with van der Waals surface area (Å²) in [6.07, 6.45) is 0.813. The largest absolute Gasteiger partial charge is 0.395 e. The van der Waals surface area contributed by atoms with Crippen molar-refractivity contribution < 1.29 is 9.90 Å². The number of carbonyl (C=O) groups is 1. The molecule has 1 saturated heterocycles. The number of nitrogens with one attached hydrogen (secondary N) is 1. The molecule has 0 radical (unpaired) electrons. The van der Waals surface area contributed by atoms with Crippen LogP contribution in [0.25, 0.3) is 0 Å². The van der Waals surface area contributed by atoms with Gasteiger partial charge in [0.1, 0.15) is 6.04 Å². The molecular weight excluding hydrogens is 146 g/mol. The van der Waals surface area contributed by atoms with Crippen LogP contribution in [0.3, 0.4) is 0 Å². The van der Waals surface area contributed by atoms with Gasteiger partial charge in [0.25, 0.3) is 0 Å². The average molecular weight is 159 g/mol. The Morgan fingerprint density at radius 1 is 1.82 bits per heavy atom. The van der Waals surface area contributed by atoms with Crippen molar-refractivity contribution >= 4 is 5.91 Å². The first-order chi connectivity index (χ1) is 5.25. The van der Waals surface area contributed by atoms with Gasteiger partial charge < -0.3 is 10.4 Å². The number of amides is 1. The van der Waals surface area contributed by atoms with Crippen LogP contribution >= 0.6 is 0 Å². The maximum absolute atomic E-state index is 11.1. The van der Waals surface area contributed by atoms with E-state index in [0.29, 0.717) is 6.54 Å². The van der Waals surface area contributed by atoms with Gasteiger partial charge in [-0.3, -0.25) is 10.6 Å². The molecular formula is C6H13N3O2. The zero-order valence-electron chi connectivity index (χ0n) is 6.29. The van der Waals surface area contributed by atoms with Crippen LogP contribution in [0.1, 0.15) is 6.42 Å². The number of hydrogen-bond donors (Lipinski definition) is 3. The molecule has 11 heavy (non-hydrogen) atoms. The monoisotopic (exact) mass is 159 g/mol. The lowest BCUT2D eigenvalue weighted by atomic mass is 10.1. The fourth-order valence-corrected chi connectivity index (χ4v) is 0.986. The van der Waals surface area contributed by atoms with Crippen molar-refractivity contribution in [3.05, 3.63) is 0 Å². The highest BCUT2D eigenvalue weighted by molar-refractivity contribution is 5.82. The van der Waals surface area contributed by atoms with Gasteiger partial charge >= 0.3 is 0 Å². The van der Waals surface area contributed by atoms with Gasteiger partial charge in [0.15, 0.2) is 0 Å². The highest BCUT2D eigenvalue weighted by atomic mass is 16.3. The summed E-state index contributed by atoms with van der Waals surface area (Å²) in [6.45, 7) is 1.06. The van der Waals surface area contributed by atoms with Gasteiger partial charge in [0, 0.05) is 13.1 Å². The highest BCUT2D eigenvalue weighted by Gasteiger charge is 2.31. The van der Waals surface area contributed by atoms with Crippen molar-refractivity contribution in [1.29, 1.82) is 0 Å². The minimum atomic E-state index is -0.179. The summed E-state index contributed by atoms with van der Waals surface area (Å²) in [6, 6.07) is -0.179. The molecule has 1 atom stereocenters. The summed E-state index contributed by atoms with van der Waals surface area (Å²) in [5, 5.41) is 12.4. The Kier molecular flexibility index (Phi) is 2.81. The molecule has 5 heteroatoms. The summed E-state index contributed by atoms with van der Waals surface area (Å²) in [5.41, 5.74) is 0. The summed E-state index contributed by atoms with van der Waals surface area (Å²) in [5.74, 6) is 5.32. The molecule has 5 nitrogen and oxygen atoms in total. The summed E-state index contributed by atoms with van der Waals surface area (Å²) in [4.78, 5) is 11.1. The quantitative estimate of drug-likeness (QED) is 0.418. The van der Waals surface area contributed by atoms with Crippen LogP contribution in [0.15, 0.2) is 0 Å². The predicted octanol–water partition coefficient (Wildman–Crippen LogP) is -1.96. The Balaban J connectivity index is 2.19. The van der Waals surface area contributed by atoms with E-state index in [9.17, 15) is 4.79 Å². The lowest BCUT2D eigenvalue weighted by molar-refractivity contribution is -0.131. The maximum atomic E-state index is 11.1. The molecule has 4 N–H and O–H groups in total. The van der Waals surface area contributed by atoms with Crippen molar-refractivity contribution in [2.75, 3.05) is 19.7 Å². The second-order valence-corrected chi connectivity index (χ2v) is 2.56. The molecule has 1 amide bonds.